The Bertz CT molecular complexity index is 1260. The lowest BCUT2D eigenvalue weighted by atomic mass is 10.1. The van der Waals surface area contributed by atoms with Gasteiger partial charge in [-0.3, -0.25) is 9.59 Å². The van der Waals surface area contributed by atoms with Crippen LogP contribution in [0.4, 0.5) is 11.4 Å². The third-order valence-corrected chi connectivity index (χ3v) is 5.06. The van der Waals surface area contributed by atoms with Crippen molar-refractivity contribution in [2.24, 2.45) is 0 Å². The van der Waals surface area contributed by atoms with Crippen LogP contribution in [0.5, 0.6) is 0 Å². The first-order valence-corrected chi connectivity index (χ1v) is 10.6. The van der Waals surface area contributed by atoms with Crippen molar-refractivity contribution in [1.82, 2.24) is 14.8 Å². The fourth-order valence-electron chi connectivity index (χ4n) is 3.17. The van der Waals surface area contributed by atoms with Crippen LogP contribution in [0.15, 0.2) is 69.9 Å². The number of benzene rings is 1. The fraction of sp³-hybridized carbons (Fsp3) is 0.130. The normalized spacial score (nSPS) is 10.7. The van der Waals surface area contributed by atoms with Crippen LogP contribution in [0.1, 0.15) is 27.5 Å². The minimum Gasteiger partial charge on any atom is -0.444 e. The van der Waals surface area contributed by atoms with Crippen LogP contribution in [-0.2, 0) is 11.2 Å². The molecule has 0 unspecified atom stereocenters. The monoisotopic (exact) mass is 493 g/mol. The second-order valence-electron chi connectivity index (χ2n) is 7.22. The number of hydrogen-bond acceptors (Lipinski definition) is 5. The highest BCUT2D eigenvalue weighted by Gasteiger charge is 2.11. The molecule has 2 N–H and O–H groups in total. The van der Waals surface area contributed by atoms with Gasteiger partial charge in [0, 0.05) is 11.4 Å². The predicted octanol–water partition coefficient (Wildman–Crippen LogP) is 4.67. The van der Waals surface area contributed by atoms with Gasteiger partial charge in [-0.1, -0.05) is 12.1 Å². The number of carbonyl (C=O) groups is 2. The molecule has 162 valence electrons. The van der Waals surface area contributed by atoms with E-state index in [9.17, 15) is 9.59 Å². The molecule has 8 nitrogen and oxygen atoms in total. The Morgan fingerprint density at radius 1 is 1.00 bits per heavy atom. The third kappa shape index (κ3) is 5.12. The molecule has 2 amide bonds. The van der Waals surface area contributed by atoms with Crippen molar-refractivity contribution in [3.8, 4) is 5.82 Å². The van der Waals surface area contributed by atoms with E-state index in [1.54, 1.807) is 53.3 Å². The molecule has 0 saturated carbocycles. The Morgan fingerprint density at radius 3 is 2.34 bits per heavy atom. The standard InChI is InChI=1S/C23H20BrN5O3/c1-14-11-15(2)29(28-14)21-10-7-18(13-25-21)26-22(30)12-16-3-5-17(6-4-16)27-23(31)19-8-9-20(24)32-19/h3-11,13H,12H2,1-2H3,(H,26,30)(H,27,31). The smallest absolute Gasteiger partial charge is 0.291 e. The molecule has 0 bridgehead atoms. The summed E-state index contributed by atoms with van der Waals surface area (Å²) >= 11 is 3.17. The molecule has 0 aliphatic carbocycles. The zero-order valence-electron chi connectivity index (χ0n) is 17.4. The molecule has 0 aliphatic heterocycles. The van der Waals surface area contributed by atoms with E-state index < -0.39 is 0 Å². The van der Waals surface area contributed by atoms with Gasteiger partial charge < -0.3 is 15.1 Å². The number of aromatic nitrogens is 3. The average molecular weight is 494 g/mol. The second kappa shape index (κ2) is 9.19. The molecule has 9 heteroatoms. The van der Waals surface area contributed by atoms with Gasteiger partial charge in [0.25, 0.3) is 5.91 Å². The molecule has 4 aromatic rings. The van der Waals surface area contributed by atoms with E-state index in [0.717, 1.165) is 17.0 Å². The first-order chi connectivity index (χ1) is 15.4. The van der Waals surface area contributed by atoms with Crippen LogP contribution in [-0.4, -0.2) is 26.6 Å². The van der Waals surface area contributed by atoms with Gasteiger partial charge in [-0.05, 0) is 77.8 Å². The Labute approximate surface area is 192 Å². The summed E-state index contributed by atoms with van der Waals surface area (Å²) in [6.07, 6.45) is 1.80. The van der Waals surface area contributed by atoms with Crippen molar-refractivity contribution >= 4 is 39.1 Å². The van der Waals surface area contributed by atoms with Crippen molar-refractivity contribution in [2.45, 2.75) is 20.3 Å². The molecule has 0 aliphatic rings. The van der Waals surface area contributed by atoms with Crippen molar-refractivity contribution < 1.29 is 14.0 Å². The van der Waals surface area contributed by atoms with Crippen LogP contribution < -0.4 is 10.6 Å². The average Bonchev–Trinajstić information content (AvgIpc) is 3.34. The summed E-state index contributed by atoms with van der Waals surface area (Å²) in [6, 6.07) is 15.9. The van der Waals surface area contributed by atoms with Crippen molar-refractivity contribution in [3.63, 3.8) is 0 Å². The summed E-state index contributed by atoms with van der Waals surface area (Å²) in [6.45, 7) is 3.89. The fourth-order valence-corrected chi connectivity index (χ4v) is 3.48. The first-order valence-electron chi connectivity index (χ1n) is 9.82. The lowest BCUT2D eigenvalue weighted by Gasteiger charge is -2.08. The summed E-state index contributed by atoms with van der Waals surface area (Å²) < 4.78 is 7.47. The van der Waals surface area contributed by atoms with E-state index >= 15 is 0 Å². The summed E-state index contributed by atoms with van der Waals surface area (Å²) in [5.74, 6) is 0.381. The van der Waals surface area contributed by atoms with Gasteiger partial charge in [0.2, 0.25) is 5.91 Å². The Kier molecular flexibility index (Phi) is 6.18. The van der Waals surface area contributed by atoms with Crippen LogP contribution in [0.3, 0.4) is 0 Å². The molecular formula is C23H20BrN5O3. The maximum Gasteiger partial charge on any atom is 0.291 e. The van der Waals surface area contributed by atoms with Crippen molar-refractivity contribution in [1.29, 1.82) is 0 Å². The second-order valence-corrected chi connectivity index (χ2v) is 8.01. The highest BCUT2D eigenvalue weighted by atomic mass is 79.9. The largest absolute Gasteiger partial charge is 0.444 e. The van der Waals surface area contributed by atoms with Crippen LogP contribution in [0.2, 0.25) is 0 Å². The van der Waals surface area contributed by atoms with E-state index in [0.29, 0.717) is 21.9 Å². The number of halogens is 1. The van der Waals surface area contributed by atoms with Gasteiger partial charge in [0.1, 0.15) is 0 Å². The molecule has 3 aromatic heterocycles. The third-order valence-electron chi connectivity index (χ3n) is 4.63. The summed E-state index contributed by atoms with van der Waals surface area (Å²) in [5.41, 5.74) is 3.93. The molecule has 32 heavy (non-hydrogen) atoms. The molecule has 4 rings (SSSR count). The van der Waals surface area contributed by atoms with Gasteiger partial charge in [-0.2, -0.15) is 5.10 Å². The molecule has 0 saturated heterocycles. The van der Waals surface area contributed by atoms with Gasteiger partial charge in [-0.15, -0.1) is 0 Å². The number of rotatable bonds is 6. The van der Waals surface area contributed by atoms with E-state index in [-0.39, 0.29) is 24.0 Å². The number of hydrogen-bond donors (Lipinski definition) is 2. The molecule has 0 spiro atoms. The van der Waals surface area contributed by atoms with Gasteiger partial charge >= 0.3 is 0 Å². The molecule has 3 heterocycles. The first kappa shape index (κ1) is 21.5. The number of aryl methyl sites for hydroxylation is 2. The van der Waals surface area contributed by atoms with Crippen LogP contribution in [0, 0.1) is 13.8 Å². The van der Waals surface area contributed by atoms with Crippen molar-refractivity contribution in [3.05, 3.63) is 88.2 Å². The Hall–Kier alpha value is -3.72. The molecule has 0 fully saturated rings. The van der Waals surface area contributed by atoms with E-state index in [2.05, 4.69) is 36.6 Å². The van der Waals surface area contributed by atoms with Gasteiger partial charge in [0.15, 0.2) is 16.2 Å². The molecule has 0 atom stereocenters. The minimum atomic E-state index is -0.349. The SMILES string of the molecule is Cc1cc(C)n(-c2ccc(NC(=O)Cc3ccc(NC(=O)c4ccc(Br)o4)cc3)cn2)n1. The maximum absolute atomic E-state index is 12.4. The van der Waals surface area contributed by atoms with Crippen molar-refractivity contribution in [2.75, 3.05) is 10.6 Å². The predicted molar refractivity (Wildman–Crippen MR) is 124 cm³/mol. The van der Waals surface area contributed by atoms with E-state index in [1.165, 1.54) is 0 Å². The number of nitrogens with one attached hydrogen (secondary N) is 2. The Morgan fingerprint density at radius 2 is 1.75 bits per heavy atom. The Balaban J connectivity index is 1.33. The quantitative estimate of drug-likeness (QED) is 0.406. The maximum atomic E-state index is 12.4. The zero-order chi connectivity index (χ0) is 22.7. The van der Waals surface area contributed by atoms with E-state index in [1.807, 2.05) is 26.0 Å². The highest BCUT2D eigenvalue weighted by Crippen LogP contribution is 2.17. The number of carbonyl (C=O) groups excluding carboxylic acids is 2. The number of pyridine rings is 1. The minimum absolute atomic E-state index is 0.164. The van der Waals surface area contributed by atoms with Crippen LogP contribution in [0.25, 0.3) is 5.82 Å². The van der Waals surface area contributed by atoms with E-state index in [4.69, 9.17) is 4.42 Å². The van der Waals surface area contributed by atoms with Gasteiger partial charge in [-0.25, -0.2) is 9.67 Å². The zero-order valence-corrected chi connectivity index (χ0v) is 19.0. The summed E-state index contributed by atoms with van der Waals surface area (Å²) in [5, 5.41) is 9.99. The molecule has 1 aromatic carbocycles. The number of amides is 2. The van der Waals surface area contributed by atoms with Crippen LogP contribution >= 0.6 is 15.9 Å². The van der Waals surface area contributed by atoms with Gasteiger partial charge in [0.05, 0.1) is 24.0 Å². The topological polar surface area (TPSA) is 102 Å². The number of nitrogens with zero attached hydrogens (tertiary/aromatic N) is 3. The lowest BCUT2D eigenvalue weighted by Crippen LogP contribution is -2.15. The molecule has 0 radical (unpaired) electrons. The number of furan rings is 1. The summed E-state index contributed by atoms with van der Waals surface area (Å²) in [7, 11) is 0. The summed E-state index contributed by atoms with van der Waals surface area (Å²) in [4.78, 5) is 28.9. The molecular weight excluding hydrogens is 474 g/mol. The highest BCUT2D eigenvalue weighted by molar-refractivity contribution is 9.10. The lowest BCUT2D eigenvalue weighted by molar-refractivity contribution is -0.115. The number of anilines is 2.